The van der Waals surface area contributed by atoms with E-state index in [9.17, 15) is 9.59 Å². The van der Waals surface area contributed by atoms with Crippen LogP contribution in [0.3, 0.4) is 0 Å². The van der Waals surface area contributed by atoms with Gasteiger partial charge in [-0.2, -0.15) is 0 Å². The molecular formula is C23H29Cl2N3O3. The van der Waals surface area contributed by atoms with Crippen LogP contribution in [0, 0.1) is 0 Å². The van der Waals surface area contributed by atoms with Crippen LogP contribution in [-0.4, -0.2) is 32.1 Å². The average Bonchev–Trinajstić information content (AvgIpc) is 2.76. The van der Waals surface area contributed by atoms with E-state index >= 15 is 0 Å². The number of ether oxygens (including phenoxy) is 1. The molecule has 2 aromatic rings. The van der Waals surface area contributed by atoms with Gasteiger partial charge >= 0.3 is 6.03 Å². The minimum Gasteiger partial charge on any atom is -0.497 e. The molecule has 0 radical (unpaired) electrons. The number of unbranched alkanes of at least 4 members (excludes halogenated alkanes) is 2. The first-order chi connectivity index (χ1) is 14.9. The van der Waals surface area contributed by atoms with Gasteiger partial charge in [-0.1, -0.05) is 43.0 Å². The predicted molar refractivity (Wildman–Crippen MR) is 128 cm³/mol. The SMILES string of the molecule is CCCCCC(=O)NCCCN(C(=O)Nc1ccc(Cl)c(Cl)c1)c1ccc(OC)cc1. The number of hydrogen-bond acceptors (Lipinski definition) is 3. The number of rotatable bonds is 11. The maximum Gasteiger partial charge on any atom is 0.326 e. The zero-order valence-electron chi connectivity index (χ0n) is 17.9. The molecule has 0 aliphatic rings. The van der Waals surface area contributed by atoms with Crippen molar-refractivity contribution in [1.82, 2.24) is 5.32 Å². The van der Waals surface area contributed by atoms with Crippen LogP contribution in [-0.2, 0) is 4.79 Å². The first kappa shape index (κ1) is 24.8. The molecule has 0 atom stereocenters. The van der Waals surface area contributed by atoms with Gasteiger partial charge in [0.25, 0.3) is 0 Å². The zero-order chi connectivity index (χ0) is 22.6. The lowest BCUT2D eigenvalue weighted by Gasteiger charge is -2.24. The van der Waals surface area contributed by atoms with Gasteiger partial charge in [-0.05, 0) is 55.3 Å². The van der Waals surface area contributed by atoms with Crippen LogP contribution in [0.2, 0.25) is 10.0 Å². The Morgan fingerprint density at radius 2 is 1.74 bits per heavy atom. The molecule has 0 heterocycles. The van der Waals surface area contributed by atoms with Crippen molar-refractivity contribution in [3.63, 3.8) is 0 Å². The monoisotopic (exact) mass is 465 g/mol. The van der Waals surface area contributed by atoms with Gasteiger partial charge < -0.3 is 15.4 Å². The fraction of sp³-hybridized carbons (Fsp3) is 0.391. The maximum atomic E-state index is 13.0. The predicted octanol–water partition coefficient (Wildman–Crippen LogP) is 6.13. The zero-order valence-corrected chi connectivity index (χ0v) is 19.4. The van der Waals surface area contributed by atoms with Crippen LogP contribution in [0.4, 0.5) is 16.2 Å². The van der Waals surface area contributed by atoms with E-state index in [4.69, 9.17) is 27.9 Å². The molecule has 0 saturated heterocycles. The number of hydrogen-bond donors (Lipinski definition) is 2. The van der Waals surface area contributed by atoms with Crippen LogP contribution in [0.25, 0.3) is 0 Å². The van der Waals surface area contributed by atoms with Gasteiger partial charge in [0, 0.05) is 30.9 Å². The van der Waals surface area contributed by atoms with E-state index in [0.29, 0.717) is 53.1 Å². The molecule has 2 aromatic carbocycles. The number of anilines is 2. The number of urea groups is 1. The number of benzene rings is 2. The molecule has 0 spiro atoms. The highest BCUT2D eigenvalue weighted by Gasteiger charge is 2.16. The van der Waals surface area contributed by atoms with Crippen molar-refractivity contribution in [2.24, 2.45) is 0 Å². The summed E-state index contributed by atoms with van der Waals surface area (Å²) in [4.78, 5) is 26.5. The van der Waals surface area contributed by atoms with E-state index in [1.165, 1.54) is 0 Å². The number of halogens is 2. The third kappa shape index (κ3) is 8.31. The molecule has 0 aliphatic carbocycles. The van der Waals surface area contributed by atoms with Crippen molar-refractivity contribution in [3.05, 3.63) is 52.5 Å². The Kier molecular flexibility index (Phi) is 10.5. The van der Waals surface area contributed by atoms with Crippen LogP contribution >= 0.6 is 23.2 Å². The summed E-state index contributed by atoms with van der Waals surface area (Å²) in [6.07, 6.45) is 4.17. The Labute approximate surface area is 193 Å². The molecule has 3 amide bonds. The molecule has 0 bridgehead atoms. The summed E-state index contributed by atoms with van der Waals surface area (Å²) in [7, 11) is 1.59. The minimum absolute atomic E-state index is 0.0460. The number of nitrogens with zero attached hydrogens (tertiary/aromatic N) is 1. The fourth-order valence-corrected chi connectivity index (χ4v) is 3.26. The van der Waals surface area contributed by atoms with Gasteiger partial charge in [-0.25, -0.2) is 4.79 Å². The van der Waals surface area contributed by atoms with Gasteiger partial charge in [0.05, 0.1) is 17.2 Å². The Balaban J connectivity index is 2.01. The first-order valence-corrected chi connectivity index (χ1v) is 11.1. The summed E-state index contributed by atoms with van der Waals surface area (Å²) in [5.41, 5.74) is 1.26. The number of carbonyl (C=O) groups excluding carboxylic acids is 2. The van der Waals surface area contributed by atoms with E-state index in [1.54, 1.807) is 42.3 Å². The lowest BCUT2D eigenvalue weighted by atomic mass is 10.2. The van der Waals surface area contributed by atoms with Crippen LogP contribution in [0.1, 0.15) is 39.0 Å². The highest BCUT2D eigenvalue weighted by Crippen LogP contribution is 2.26. The molecule has 8 heteroatoms. The molecule has 0 fully saturated rings. The molecule has 0 aliphatic heterocycles. The smallest absolute Gasteiger partial charge is 0.326 e. The highest BCUT2D eigenvalue weighted by atomic mass is 35.5. The van der Waals surface area contributed by atoms with E-state index in [1.807, 2.05) is 12.1 Å². The summed E-state index contributed by atoms with van der Waals surface area (Å²) >= 11 is 12.0. The summed E-state index contributed by atoms with van der Waals surface area (Å²) in [5.74, 6) is 0.748. The average molecular weight is 466 g/mol. The van der Waals surface area contributed by atoms with Crippen LogP contribution < -0.4 is 20.3 Å². The molecule has 0 unspecified atom stereocenters. The Bertz CT molecular complexity index is 860. The molecule has 6 nitrogen and oxygen atoms in total. The Morgan fingerprint density at radius 1 is 1.00 bits per heavy atom. The molecule has 0 saturated carbocycles. The van der Waals surface area contributed by atoms with Crippen molar-refractivity contribution < 1.29 is 14.3 Å². The summed E-state index contributed by atoms with van der Waals surface area (Å²) in [6, 6.07) is 11.8. The topological polar surface area (TPSA) is 70.7 Å². The highest BCUT2D eigenvalue weighted by molar-refractivity contribution is 6.42. The molecule has 2 rings (SSSR count). The second-order valence-electron chi connectivity index (χ2n) is 7.07. The van der Waals surface area contributed by atoms with Crippen molar-refractivity contribution >= 4 is 46.5 Å². The third-order valence-corrected chi connectivity index (χ3v) is 5.43. The lowest BCUT2D eigenvalue weighted by Crippen LogP contribution is -2.37. The van der Waals surface area contributed by atoms with Crippen molar-refractivity contribution in [1.29, 1.82) is 0 Å². The normalized spacial score (nSPS) is 10.5. The molecular weight excluding hydrogens is 437 g/mol. The van der Waals surface area contributed by atoms with Gasteiger partial charge in [0.1, 0.15) is 5.75 Å². The van der Waals surface area contributed by atoms with Gasteiger partial charge in [0.15, 0.2) is 0 Å². The van der Waals surface area contributed by atoms with E-state index in [0.717, 1.165) is 19.3 Å². The second-order valence-corrected chi connectivity index (χ2v) is 7.88. The Morgan fingerprint density at radius 3 is 2.39 bits per heavy atom. The molecule has 0 aromatic heterocycles. The van der Waals surface area contributed by atoms with Crippen molar-refractivity contribution in [3.8, 4) is 5.75 Å². The summed E-state index contributed by atoms with van der Waals surface area (Å²) in [5, 5.41) is 6.55. The molecule has 168 valence electrons. The molecule has 31 heavy (non-hydrogen) atoms. The number of nitrogens with one attached hydrogen (secondary N) is 2. The number of carbonyl (C=O) groups is 2. The number of methoxy groups -OCH3 is 1. The van der Waals surface area contributed by atoms with Crippen molar-refractivity contribution in [2.75, 3.05) is 30.4 Å². The fourth-order valence-electron chi connectivity index (χ4n) is 2.96. The summed E-state index contributed by atoms with van der Waals surface area (Å²) in [6.45, 7) is 3.03. The standard InChI is InChI=1S/C23H29Cl2N3O3/c1-3-4-5-7-22(29)26-14-6-15-28(18-9-11-19(31-2)12-10-18)23(30)27-17-8-13-20(24)21(25)16-17/h8-13,16H,3-7,14-15H2,1-2H3,(H,26,29)(H,27,30). The quantitative estimate of drug-likeness (QED) is 0.392. The first-order valence-electron chi connectivity index (χ1n) is 10.4. The van der Waals surface area contributed by atoms with Crippen LogP contribution in [0.5, 0.6) is 5.75 Å². The molecule has 2 N–H and O–H groups in total. The maximum absolute atomic E-state index is 13.0. The van der Waals surface area contributed by atoms with E-state index in [-0.39, 0.29) is 11.9 Å². The second kappa shape index (κ2) is 13.1. The lowest BCUT2D eigenvalue weighted by molar-refractivity contribution is -0.121. The van der Waals surface area contributed by atoms with E-state index < -0.39 is 0 Å². The van der Waals surface area contributed by atoms with Gasteiger partial charge in [-0.15, -0.1) is 0 Å². The summed E-state index contributed by atoms with van der Waals surface area (Å²) < 4.78 is 5.20. The number of amides is 3. The minimum atomic E-state index is -0.308. The third-order valence-electron chi connectivity index (χ3n) is 4.69. The van der Waals surface area contributed by atoms with Gasteiger partial charge in [-0.3, -0.25) is 9.69 Å². The Hall–Kier alpha value is -2.44. The van der Waals surface area contributed by atoms with Crippen molar-refractivity contribution in [2.45, 2.75) is 39.0 Å². The van der Waals surface area contributed by atoms with Crippen LogP contribution in [0.15, 0.2) is 42.5 Å². The van der Waals surface area contributed by atoms with E-state index in [2.05, 4.69) is 17.6 Å². The largest absolute Gasteiger partial charge is 0.497 e. The van der Waals surface area contributed by atoms with Gasteiger partial charge in [0.2, 0.25) is 5.91 Å².